The van der Waals surface area contributed by atoms with E-state index >= 15 is 0 Å². The number of hydrogen-bond acceptors (Lipinski definition) is 3. The van der Waals surface area contributed by atoms with Gasteiger partial charge in [0, 0.05) is 12.6 Å². The number of nitrogens with two attached hydrogens (primary N) is 1. The van der Waals surface area contributed by atoms with Crippen molar-refractivity contribution in [3.63, 3.8) is 0 Å². The number of carbonyl (C=O) groups is 1. The van der Waals surface area contributed by atoms with Gasteiger partial charge in [-0.3, -0.25) is 4.79 Å². The molecule has 1 aliphatic heterocycles. The smallest absolute Gasteiger partial charge is 0.237 e. The van der Waals surface area contributed by atoms with Crippen molar-refractivity contribution in [3.05, 3.63) is 0 Å². The fraction of sp³-hybridized carbons (Fsp3) is 0.941. The second-order valence-electron chi connectivity index (χ2n) is 7.62. The zero-order valence-corrected chi connectivity index (χ0v) is 14.0. The van der Waals surface area contributed by atoms with Crippen LogP contribution in [-0.2, 0) is 4.79 Å². The van der Waals surface area contributed by atoms with E-state index in [-0.39, 0.29) is 5.91 Å². The van der Waals surface area contributed by atoms with Gasteiger partial charge >= 0.3 is 0 Å². The Morgan fingerprint density at radius 1 is 1.24 bits per heavy atom. The summed E-state index contributed by atoms with van der Waals surface area (Å²) in [6.45, 7) is 10.3. The third kappa shape index (κ3) is 4.96. The number of likely N-dealkylation sites (tertiary alicyclic amines) is 1. The zero-order valence-electron chi connectivity index (χ0n) is 14.0. The highest BCUT2D eigenvalue weighted by Gasteiger charge is 2.36. The average molecular weight is 295 g/mol. The number of nitrogens with zero attached hydrogens (tertiary/aromatic N) is 1. The van der Waals surface area contributed by atoms with Crippen LogP contribution in [0, 0.1) is 11.8 Å². The molecule has 2 rings (SSSR count). The molecule has 0 spiro atoms. The summed E-state index contributed by atoms with van der Waals surface area (Å²) in [5.41, 5.74) is 5.08. The van der Waals surface area contributed by atoms with Crippen molar-refractivity contribution in [2.24, 2.45) is 17.6 Å². The van der Waals surface area contributed by atoms with Gasteiger partial charge in [0.05, 0.1) is 5.54 Å². The highest BCUT2D eigenvalue weighted by Crippen LogP contribution is 2.26. The Morgan fingerprint density at radius 2 is 1.95 bits per heavy atom. The molecule has 2 fully saturated rings. The first-order valence-electron chi connectivity index (χ1n) is 8.70. The summed E-state index contributed by atoms with van der Waals surface area (Å²) >= 11 is 0. The predicted molar refractivity (Wildman–Crippen MR) is 87.0 cm³/mol. The molecular formula is C17H33N3O. The maximum Gasteiger partial charge on any atom is 0.237 e. The Bertz CT molecular complexity index is 356. The van der Waals surface area contributed by atoms with Crippen molar-refractivity contribution in [3.8, 4) is 0 Å². The number of unbranched alkanes of at least 4 members (excludes halogenated alkanes) is 1. The molecule has 4 nitrogen and oxygen atoms in total. The van der Waals surface area contributed by atoms with E-state index < -0.39 is 5.54 Å². The number of carbonyl (C=O) groups excluding carboxylic acids is 1. The molecule has 2 aliphatic rings. The number of primary amides is 1. The van der Waals surface area contributed by atoms with Crippen LogP contribution in [0.2, 0.25) is 0 Å². The van der Waals surface area contributed by atoms with Gasteiger partial charge in [-0.2, -0.15) is 0 Å². The van der Waals surface area contributed by atoms with Gasteiger partial charge < -0.3 is 16.0 Å². The first kappa shape index (κ1) is 16.8. The minimum atomic E-state index is -0.509. The van der Waals surface area contributed by atoms with Crippen LogP contribution < -0.4 is 11.1 Å². The Kier molecular flexibility index (Phi) is 5.67. The van der Waals surface area contributed by atoms with Crippen LogP contribution in [0.25, 0.3) is 0 Å². The summed E-state index contributed by atoms with van der Waals surface area (Å²) < 4.78 is 0. The van der Waals surface area contributed by atoms with Crippen LogP contribution in [-0.4, -0.2) is 42.0 Å². The van der Waals surface area contributed by atoms with E-state index in [1.807, 2.05) is 6.92 Å². The molecule has 3 atom stereocenters. The van der Waals surface area contributed by atoms with Crippen LogP contribution in [0.4, 0.5) is 0 Å². The highest BCUT2D eigenvalue weighted by molar-refractivity contribution is 5.84. The van der Waals surface area contributed by atoms with Crippen molar-refractivity contribution in [1.82, 2.24) is 10.2 Å². The zero-order chi connectivity index (χ0) is 15.5. The quantitative estimate of drug-likeness (QED) is 0.674. The van der Waals surface area contributed by atoms with E-state index in [1.54, 1.807) is 0 Å². The summed E-state index contributed by atoms with van der Waals surface area (Å²) in [4.78, 5) is 14.3. The molecule has 1 saturated carbocycles. The van der Waals surface area contributed by atoms with Gasteiger partial charge in [-0.05, 0) is 70.4 Å². The minimum Gasteiger partial charge on any atom is -0.368 e. The van der Waals surface area contributed by atoms with Crippen molar-refractivity contribution in [2.45, 2.75) is 70.9 Å². The first-order chi connectivity index (χ1) is 9.90. The molecule has 0 radical (unpaired) electrons. The summed E-state index contributed by atoms with van der Waals surface area (Å²) in [6.07, 6.45) is 6.79. The number of hydrogen-bond donors (Lipinski definition) is 2. The monoisotopic (exact) mass is 295 g/mol. The van der Waals surface area contributed by atoms with E-state index in [9.17, 15) is 4.79 Å². The maximum atomic E-state index is 11.7. The number of nitrogens with one attached hydrogen (secondary N) is 1. The molecule has 1 aliphatic carbocycles. The Morgan fingerprint density at radius 3 is 2.52 bits per heavy atom. The lowest BCUT2D eigenvalue weighted by Crippen LogP contribution is -2.54. The molecule has 3 N–H and O–H groups in total. The number of amides is 1. The molecule has 21 heavy (non-hydrogen) atoms. The van der Waals surface area contributed by atoms with Crippen molar-refractivity contribution in [1.29, 1.82) is 0 Å². The van der Waals surface area contributed by atoms with Gasteiger partial charge in [0.25, 0.3) is 0 Å². The normalized spacial score (nSPS) is 30.0. The number of piperidine rings is 1. The molecule has 4 heteroatoms. The lowest BCUT2D eigenvalue weighted by molar-refractivity contribution is -0.124. The molecule has 122 valence electrons. The summed E-state index contributed by atoms with van der Waals surface area (Å²) in [5, 5.41) is 3.43. The van der Waals surface area contributed by atoms with Crippen LogP contribution in [0.15, 0.2) is 0 Å². The number of rotatable bonds is 8. The van der Waals surface area contributed by atoms with Gasteiger partial charge in [0.1, 0.15) is 0 Å². The van der Waals surface area contributed by atoms with Gasteiger partial charge in [0.2, 0.25) is 5.91 Å². The van der Waals surface area contributed by atoms with Crippen molar-refractivity contribution >= 4 is 5.91 Å². The minimum absolute atomic E-state index is 0.199. The average Bonchev–Trinajstić information content (AvgIpc) is 3.22. The van der Waals surface area contributed by atoms with E-state index in [0.717, 1.165) is 37.6 Å². The largest absolute Gasteiger partial charge is 0.368 e. The molecule has 1 heterocycles. The molecule has 0 aromatic heterocycles. The lowest BCUT2D eigenvalue weighted by Gasteiger charge is -2.35. The van der Waals surface area contributed by atoms with Gasteiger partial charge in [-0.15, -0.1) is 0 Å². The second kappa shape index (κ2) is 7.10. The van der Waals surface area contributed by atoms with Gasteiger partial charge in [0.15, 0.2) is 0 Å². The third-order valence-corrected chi connectivity index (χ3v) is 5.46. The molecule has 3 unspecified atom stereocenters. The standard InChI is InChI=1S/C17H33N3O/c1-13-8-11-20(12-14(13)2)10-5-4-9-17(3,16(18)21)19-15-6-7-15/h13-15,19H,4-12H2,1-3H3,(H2,18,21). The lowest BCUT2D eigenvalue weighted by atomic mass is 9.88. The van der Waals surface area contributed by atoms with E-state index in [0.29, 0.717) is 6.04 Å². The summed E-state index contributed by atoms with van der Waals surface area (Å²) in [6, 6.07) is 0.520. The second-order valence-corrected chi connectivity index (χ2v) is 7.62. The maximum absolute atomic E-state index is 11.7. The van der Waals surface area contributed by atoms with Crippen LogP contribution in [0.5, 0.6) is 0 Å². The summed E-state index contributed by atoms with van der Waals surface area (Å²) in [5.74, 6) is 1.48. The molecule has 0 aromatic carbocycles. The fourth-order valence-corrected chi connectivity index (χ4v) is 3.31. The van der Waals surface area contributed by atoms with E-state index in [4.69, 9.17) is 5.73 Å². The SMILES string of the molecule is CC1CCN(CCCCC(C)(NC2CC2)C(N)=O)CC1C. The van der Waals surface area contributed by atoms with Crippen molar-refractivity contribution < 1.29 is 4.79 Å². The Labute approximate surface area is 129 Å². The molecule has 0 aromatic rings. The van der Waals surface area contributed by atoms with Crippen LogP contribution >= 0.6 is 0 Å². The molecular weight excluding hydrogens is 262 g/mol. The van der Waals surface area contributed by atoms with E-state index in [2.05, 4.69) is 24.1 Å². The molecule has 1 saturated heterocycles. The third-order valence-electron chi connectivity index (χ3n) is 5.46. The predicted octanol–water partition coefficient (Wildman–Crippen LogP) is 2.13. The highest BCUT2D eigenvalue weighted by atomic mass is 16.1. The molecule has 1 amide bonds. The van der Waals surface area contributed by atoms with Gasteiger partial charge in [-0.25, -0.2) is 0 Å². The first-order valence-corrected chi connectivity index (χ1v) is 8.70. The Balaban J connectivity index is 1.66. The van der Waals surface area contributed by atoms with Gasteiger partial charge in [-0.1, -0.05) is 13.8 Å². The molecule has 0 bridgehead atoms. The van der Waals surface area contributed by atoms with E-state index in [1.165, 1.54) is 32.4 Å². The topological polar surface area (TPSA) is 58.4 Å². The van der Waals surface area contributed by atoms with Crippen molar-refractivity contribution in [2.75, 3.05) is 19.6 Å². The Hall–Kier alpha value is -0.610. The van der Waals surface area contributed by atoms with Crippen LogP contribution in [0.1, 0.15) is 59.3 Å². The fourth-order valence-electron chi connectivity index (χ4n) is 3.31. The summed E-state index contributed by atoms with van der Waals surface area (Å²) in [7, 11) is 0. The van der Waals surface area contributed by atoms with Crippen LogP contribution in [0.3, 0.4) is 0 Å².